The number of Topliss-reactive ketones (excluding diaryl/α,β-unsaturated/α-hetero) is 1. The first-order valence-electron chi connectivity index (χ1n) is 8.16. The smallest absolute Gasteiger partial charge is 0.345 e. The molecule has 0 N–H and O–H groups in total. The molecule has 6 nitrogen and oxygen atoms in total. The molecule has 0 atom stereocenters. The number of esters is 1. The summed E-state index contributed by atoms with van der Waals surface area (Å²) in [6.45, 7) is 7.27. The summed E-state index contributed by atoms with van der Waals surface area (Å²) in [7, 11) is 0. The maximum atomic E-state index is 12.2. The van der Waals surface area contributed by atoms with Gasteiger partial charge in [-0.2, -0.15) is 0 Å². The number of nitrogens with zero attached hydrogens (tertiary/aromatic N) is 1. The second kappa shape index (κ2) is 7.47. The van der Waals surface area contributed by atoms with Gasteiger partial charge in [0.05, 0.1) is 4.92 Å². The highest BCUT2D eigenvalue weighted by molar-refractivity contribution is 6.00. The van der Waals surface area contributed by atoms with Crippen LogP contribution in [0.1, 0.15) is 52.6 Å². The monoisotopic (exact) mass is 355 g/mol. The summed E-state index contributed by atoms with van der Waals surface area (Å²) in [6.07, 6.45) is 0. The van der Waals surface area contributed by atoms with E-state index >= 15 is 0 Å². The quantitative estimate of drug-likeness (QED) is 0.346. The van der Waals surface area contributed by atoms with Crippen LogP contribution in [0.25, 0.3) is 0 Å². The van der Waals surface area contributed by atoms with Crippen LogP contribution in [0.2, 0.25) is 0 Å². The van der Waals surface area contributed by atoms with Gasteiger partial charge in [0.25, 0.3) is 5.69 Å². The van der Waals surface area contributed by atoms with Crippen LogP contribution in [0.5, 0.6) is 0 Å². The highest BCUT2D eigenvalue weighted by Crippen LogP contribution is 2.24. The number of aryl methyl sites for hydroxylation is 1. The van der Waals surface area contributed by atoms with Gasteiger partial charge >= 0.3 is 5.97 Å². The van der Waals surface area contributed by atoms with Gasteiger partial charge in [-0.05, 0) is 24.0 Å². The molecule has 6 heteroatoms. The number of nitro benzene ring substituents is 1. The van der Waals surface area contributed by atoms with Crippen molar-refractivity contribution >= 4 is 17.4 Å². The van der Waals surface area contributed by atoms with E-state index in [9.17, 15) is 19.7 Å². The summed E-state index contributed by atoms with van der Waals surface area (Å²) in [5, 5.41) is 11.2. The van der Waals surface area contributed by atoms with E-state index in [4.69, 9.17) is 4.74 Å². The average Bonchev–Trinajstić information content (AvgIpc) is 2.58. The molecule has 2 aromatic rings. The molecule has 0 aliphatic carbocycles. The number of hydrogen-bond acceptors (Lipinski definition) is 5. The van der Waals surface area contributed by atoms with E-state index in [1.165, 1.54) is 25.1 Å². The Bertz CT molecular complexity index is 847. The number of hydrogen-bond donors (Lipinski definition) is 0. The Balaban J connectivity index is 2.09. The molecule has 0 saturated carbocycles. The van der Waals surface area contributed by atoms with Crippen LogP contribution in [0.15, 0.2) is 42.5 Å². The maximum absolute atomic E-state index is 12.2. The lowest BCUT2D eigenvalue weighted by molar-refractivity contribution is -0.385. The standard InChI is InChI=1S/C20H21NO5/c1-13-6-5-7-16(18(13)21(24)25)19(23)26-12-17(22)14-8-10-15(11-9-14)20(2,3)4/h5-11H,12H2,1-4H3. The summed E-state index contributed by atoms with van der Waals surface area (Å²) in [5.74, 6) is -1.26. The predicted octanol–water partition coefficient (Wildman–Crippen LogP) is 4.24. The van der Waals surface area contributed by atoms with E-state index in [-0.39, 0.29) is 22.4 Å². The van der Waals surface area contributed by atoms with E-state index in [1.807, 2.05) is 12.1 Å². The highest BCUT2D eigenvalue weighted by atomic mass is 16.6. The molecule has 2 rings (SSSR count). The van der Waals surface area contributed by atoms with Gasteiger partial charge in [0.1, 0.15) is 5.56 Å². The van der Waals surface area contributed by atoms with Crippen LogP contribution < -0.4 is 0 Å². The lowest BCUT2D eigenvalue weighted by Gasteiger charge is -2.18. The molecule has 2 aromatic carbocycles. The lowest BCUT2D eigenvalue weighted by atomic mass is 9.86. The third kappa shape index (κ3) is 4.33. The summed E-state index contributed by atoms with van der Waals surface area (Å²) in [4.78, 5) is 34.9. The number of benzene rings is 2. The Morgan fingerprint density at radius 1 is 1.08 bits per heavy atom. The molecule has 0 amide bonds. The molecular formula is C20H21NO5. The van der Waals surface area contributed by atoms with Crippen molar-refractivity contribution in [1.82, 2.24) is 0 Å². The number of ether oxygens (including phenoxy) is 1. The lowest BCUT2D eigenvalue weighted by Crippen LogP contribution is -2.16. The van der Waals surface area contributed by atoms with Gasteiger partial charge in [-0.25, -0.2) is 4.79 Å². The summed E-state index contributed by atoms with van der Waals surface area (Å²) in [5.41, 5.74) is 1.36. The highest BCUT2D eigenvalue weighted by Gasteiger charge is 2.24. The number of carbonyl (C=O) groups excluding carboxylic acids is 2. The molecule has 0 aromatic heterocycles. The SMILES string of the molecule is Cc1cccc(C(=O)OCC(=O)c2ccc(C(C)(C)C)cc2)c1[N+](=O)[O-]. The van der Waals surface area contributed by atoms with Crippen molar-refractivity contribution in [3.8, 4) is 0 Å². The minimum absolute atomic E-state index is 0.0296. The van der Waals surface area contributed by atoms with Crippen LogP contribution in [0.4, 0.5) is 5.69 Å². The zero-order chi connectivity index (χ0) is 19.5. The van der Waals surface area contributed by atoms with Crippen molar-refractivity contribution < 1.29 is 19.2 Å². The number of rotatable bonds is 5. The van der Waals surface area contributed by atoms with Crippen LogP contribution in [-0.4, -0.2) is 23.3 Å². The first kappa shape index (κ1) is 19.3. The van der Waals surface area contributed by atoms with Gasteiger partial charge in [-0.1, -0.05) is 57.2 Å². The number of para-hydroxylation sites is 1. The molecule has 0 aliphatic heterocycles. The van der Waals surface area contributed by atoms with Gasteiger partial charge in [0.2, 0.25) is 0 Å². The number of ketones is 1. The fourth-order valence-corrected chi connectivity index (χ4v) is 2.51. The first-order valence-corrected chi connectivity index (χ1v) is 8.16. The van der Waals surface area contributed by atoms with Gasteiger partial charge in [-0.15, -0.1) is 0 Å². The fourth-order valence-electron chi connectivity index (χ4n) is 2.51. The molecule has 0 unspecified atom stereocenters. The van der Waals surface area contributed by atoms with Crippen molar-refractivity contribution in [2.24, 2.45) is 0 Å². The van der Waals surface area contributed by atoms with Crippen molar-refractivity contribution in [2.75, 3.05) is 6.61 Å². The second-order valence-corrected chi connectivity index (χ2v) is 7.05. The third-order valence-corrected chi connectivity index (χ3v) is 4.05. The molecule has 0 saturated heterocycles. The summed E-state index contributed by atoms with van der Waals surface area (Å²) >= 11 is 0. The molecule has 0 radical (unpaired) electrons. The van der Waals surface area contributed by atoms with Crippen molar-refractivity contribution in [2.45, 2.75) is 33.1 Å². The molecule has 136 valence electrons. The zero-order valence-electron chi connectivity index (χ0n) is 15.2. The molecule has 0 bridgehead atoms. The van der Waals surface area contributed by atoms with Crippen LogP contribution in [-0.2, 0) is 10.2 Å². The van der Waals surface area contributed by atoms with Crippen molar-refractivity contribution in [3.05, 3.63) is 74.8 Å². The average molecular weight is 355 g/mol. The van der Waals surface area contributed by atoms with Crippen molar-refractivity contribution in [1.29, 1.82) is 0 Å². The van der Waals surface area contributed by atoms with Gasteiger partial charge < -0.3 is 4.74 Å². The van der Waals surface area contributed by atoms with E-state index < -0.39 is 17.5 Å². The molecule has 0 fully saturated rings. The number of carbonyl (C=O) groups is 2. The van der Waals surface area contributed by atoms with Crippen LogP contribution in [0, 0.1) is 17.0 Å². The Morgan fingerprint density at radius 2 is 1.69 bits per heavy atom. The van der Waals surface area contributed by atoms with E-state index in [0.29, 0.717) is 11.1 Å². The minimum Gasteiger partial charge on any atom is -0.454 e. The minimum atomic E-state index is -0.889. The Labute approximate surface area is 151 Å². The Hall–Kier alpha value is -3.02. The van der Waals surface area contributed by atoms with E-state index in [1.54, 1.807) is 12.1 Å². The fraction of sp³-hybridized carbons (Fsp3) is 0.300. The third-order valence-electron chi connectivity index (χ3n) is 4.05. The predicted molar refractivity (Wildman–Crippen MR) is 97.6 cm³/mol. The van der Waals surface area contributed by atoms with Crippen LogP contribution in [0.3, 0.4) is 0 Å². The second-order valence-electron chi connectivity index (χ2n) is 7.05. The normalized spacial score (nSPS) is 11.1. The summed E-state index contributed by atoms with van der Waals surface area (Å²) in [6, 6.07) is 11.5. The topological polar surface area (TPSA) is 86.5 Å². The van der Waals surface area contributed by atoms with Gasteiger partial charge in [0.15, 0.2) is 12.4 Å². The van der Waals surface area contributed by atoms with E-state index in [0.717, 1.165) is 5.56 Å². The Kier molecular flexibility index (Phi) is 5.55. The molecule has 0 heterocycles. The van der Waals surface area contributed by atoms with E-state index in [2.05, 4.69) is 20.8 Å². The molecule has 26 heavy (non-hydrogen) atoms. The molecule has 0 aliphatic rings. The van der Waals surface area contributed by atoms with Crippen LogP contribution >= 0.6 is 0 Å². The zero-order valence-corrected chi connectivity index (χ0v) is 15.2. The first-order chi connectivity index (χ1) is 12.1. The molecular weight excluding hydrogens is 334 g/mol. The van der Waals surface area contributed by atoms with Gasteiger partial charge in [0, 0.05) is 11.1 Å². The van der Waals surface area contributed by atoms with Gasteiger partial charge in [-0.3, -0.25) is 14.9 Å². The largest absolute Gasteiger partial charge is 0.454 e. The molecule has 0 spiro atoms. The Morgan fingerprint density at radius 3 is 2.23 bits per heavy atom. The maximum Gasteiger partial charge on any atom is 0.345 e. The number of nitro groups is 1. The van der Waals surface area contributed by atoms with Crippen molar-refractivity contribution in [3.63, 3.8) is 0 Å². The summed E-state index contributed by atoms with van der Waals surface area (Å²) < 4.78 is 4.99.